The molecular weight excluding hydrogens is 248 g/mol. The van der Waals surface area contributed by atoms with E-state index in [1.807, 2.05) is 6.92 Å². The number of carbonyl (C=O) groups is 1. The minimum Gasteiger partial charge on any atom is -0.478 e. The molecule has 0 saturated carbocycles. The molecule has 0 aliphatic heterocycles. The monoisotopic (exact) mass is 262 g/mol. The summed E-state index contributed by atoms with van der Waals surface area (Å²) >= 11 is 0. The van der Waals surface area contributed by atoms with E-state index in [0.29, 0.717) is 17.3 Å². The third-order valence-corrected chi connectivity index (χ3v) is 2.54. The lowest BCUT2D eigenvalue weighted by molar-refractivity contribution is 0.0698. The number of hydrogen-bond acceptors (Lipinski definition) is 6. The molecule has 0 aliphatic carbocycles. The maximum atomic E-state index is 11.1. The number of anilines is 2. The van der Waals surface area contributed by atoms with Crippen LogP contribution in [0.1, 0.15) is 35.0 Å². The molecule has 7 nitrogen and oxygen atoms in total. The van der Waals surface area contributed by atoms with Crippen LogP contribution in [0.15, 0.2) is 22.9 Å². The second-order valence-electron chi connectivity index (χ2n) is 4.14. The van der Waals surface area contributed by atoms with Gasteiger partial charge in [-0.05, 0) is 19.9 Å². The third kappa shape index (κ3) is 2.82. The van der Waals surface area contributed by atoms with Crippen molar-refractivity contribution in [2.75, 3.05) is 11.1 Å². The molecule has 2 rings (SSSR count). The van der Waals surface area contributed by atoms with Gasteiger partial charge in [0.15, 0.2) is 0 Å². The fourth-order valence-corrected chi connectivity index (χ4v) is 1.63. The number of aromatic nitrogens is 2. The molecule has 0 amide bonds. The summed E-state index contributed by atoms with van der Waals surface area (Å²) in [6, 6.07) is 1.02. The molecule has 2 aromatic rings. The SMILES string of the molecule is Cc1cnc(C(C)Nc2cnc(N)cc2C(=O)O)o1. The lowest BCUT2D eigenvalue weighted by atomic mass is 10.2. The van der Waals surface area contributed by atoms with Gasteiger partial charge in [-0.15, -0.1) is 0 Å². The molecule has 0 radical (unpaired) electrons. The largest absolute Gasteiger partial charge is 0.478 e. The fraction of sp³-hybridized carbons (Fsp3) is 0.250. The number of nitrogens with zero attached hydrogens (tertiary/aromatic N) is 2. The average Bonchev–Trinajstić information content (AvgIpc) is 2.78. The number of nitrogen functional groups attached to an aromatic ring is 1. The van der Waals surface area contributed by atoms with Crippen molar-refractivity contribution in [3.8, 4) is 0 Å². The Morgan fingerprint density at radius 2 is 2.21 bits per heavy atom. The molecule has 0 fully saturated rings. The van der Waals surface area contributed by atoms with Crippen LogP contribution in [-0.2, 0) is 0 Å². The van der Waals surface area contributed by atoms with Gasteiger partial charge in [0.2, 0.25) is 5.89 Å². The van der Waals surface area contributed by atoms with Gasteiger partial charge >= 0.3 is 5.97 Å². The van der Waals surface area contributed by atoms with Crippen molar-refractivity contribution in [2.24, 2.45) is 0 Å². The van der Waals surface area contributed by atoms with E-state index in [4.69, 9.17) is 15.3 Å². The van der Waals surface area contributed by atoms with Crippen LogP contribution in [0.2, 0.25) is 0 Å². The average molecular weight is 262 g/mol. The predicted octanol–water partition coefficient (Wildman–Crippen LogP) is 1.83. The quantitative estimate of drug-likeness (QED) is 0.769. The Bertz CT molecular complexity index is 609. The fourth-order valence-electron chi connectivity index (χ4n) is 1.63. The number of oxazole rings is 1. The Balaban J connectivity index is 2.26. The van der Waals surface area contributed by atoms with Gasteiger partial charge in [-0.25, -0.2) is 14.8 Å². The predicted molar refractivity (Wildman–Crippen MR) is 68.9 cm³/mol. The number of nitrogens with one attached hydrogen (secondary N) is 1. The molecule has 1 atom stereocenters. The van der Waals surface area contributed by atoms with Gasteiger partial charge in [0.25, 0.3) is 0 Å². The molecule has 100 valence electrons. The molecule has 0 bridgehead atoms. The molecule has 0 spiro atoms. The Morgan fingerprint density at radius 1 is 1.47 bits per heavy atom. The maximum Gasteiger partial charge on any atom is 0.337 e. The van der Waals surface area contributed by atoms with E-state index in [2.05, 4.69) is 15.3 Å². The Labute approximate surface area is 109 Å². The van der Waals surface area contributed by atoms with E-state index >= 15 is 0 Å². The molecule has 2 heterocycles. The molecule has 7 heteroatoms. The topological polar surface area (TPSA) is 114 Å². The van der Waals surface area contributed by atoms with Crippen LogP contribution in [0.3, 0.4) is 0 Å². The lowest BCUT2D eigenvalue weighted by Gasteiger charge is -2.13. The molecule has 0 aromatic carbocycles. The summed E-state index contributed by atoms with van der Waals surface area (Å²) < 4.78 is 5.38. The van der Waals surface area contributed by atoms with Gasteiger partial charge < -0.3 is 20.6 Å². The van der Waals surface area contributed by atoms with Crippen LogP contribution in [0.5, 0.6) is 0 Å². The summed E-state index contributed by atoms with van der Waals surface area (Å²) in [6.07, 6.45) is 2.98. The lowest BCUT2D eigenvalue weighted by Crippen LogP contribution is -2.12. The Morgan fingerprint density at radius 3 is 2.79 bits per heavy atom. The van der Waals surface area contributed by atoms with E-state index in [-0.39, 0.29) is 17.4 Å². The van der Waals surface area contributed by atoms with E-state index in [9.17, 15) is 4.79 Å². The van der Waals surface area contributed by atoms with Gasteiger partial charge in [0.1, 0.15) is 17.6 Å². The number of pyridine rings is 1. The van der Waals surface area contributed by atoms with Crippen LogP contribution in [0, 0.1) is 6.92 Å². The molecule has 4 N–H and O–H groups in total. The zero-order valence-electron chi connectivity index (χ0n) is 10.5. The summed E-state index contributed by atoms with van der Waals surface area (Å²) in [5, 5.41) is 12.1. The highest BCUT2D eigenvalue weighted by atomic mass is 16.4. The van der Waals surface area contributed by atoms with Crippen molar-refractivity contribution in [3.05, 3.63) is 35.7 Å². The molecule has 2 aromatic heterocycles. The molecular formula is C12H14N4O3. The number of aromatic carboxylic acids is 1. The van der Waals surface area contributed by atoms with Gasteiger partial charge in [-0.2, -0.15) is 0 Å². The highest BCUT2D eigenvalue weighted by molar-refractivity contribution is 5.94. The molecule has 0 saturated heterocycles. The van der Waals surface area contributed by atoms with Gasteiger partial charge in [-0.1, -0.05) is 0 Å². The molecule has 1 unspecified atom stereocenters. The van der Waals surface area contributed by atoms with Crippen LogP contribution < -0.4 is 11.1 Å². The summed E-state index contributed by atoms with van der Waals surface area (Å²) in [5.41, 5.74) is 5.90. The normalized spacial score (nSPS) is 12.1. The minimum atomic E-state index is -1.08. The number of hydrogen-bond donors (Lipinski definition) is 3. The molecule has 19 heavy (non-hydrogen) atoms. The van der Waals surface area contributed by atoms with Gasteiger partial charge in [0.05, 0.1) is 23.6 Å². The van der Waals surface area contributed by atoms with E-state index in [1.54, 1.807) is 13.1 Å². The van der Waals surface area contributed by atoms with E-state index in [0.717, 1.165) is 0 Å². The first-order valence-corrected chi connectivity index (χ1v) is 5.65. The second-order valence-corrected chi connectivity index (χ2v) is 4.14. The first-order valence-electron chi connectivity index (χ1n) is 5.65. The zero-order valence-corrected chi connectivity index (χ0v) is 10.5. The van der Waals surface area contributed by atoms with Crippen molar-refractivity contribution in [1.82, 2.24) is 9.97 Å². The second kappa shape index (κ2) is 4.97. The minimum absolute atomic E-state index is 0.0580. The van der Waals surface area contributed by atoms with Crippen molar-refractivity contribution in [2.45, 2.75) is 19.9 Å². The third-order valence-electron chi connectivity index (χ3n) is 2.54. The number of carboxylic acids is 1. The zero-order chi connectivity index (χ0) is 14.0. The number of aryl methyl sites for hydroxylation is 1. The summed E-state index contributed by atoms with van der Waals surface area (Å²) in [6.45, 7) is 3.60. The number of nitrogens with two attached hydrogens (primary N) is 1. The first-order chi connectivity index (χ1) is 8.97. The van der Waals surface area contributed by atoms with Crippen molar-refractivity contribution < 1.29 is 14.3 Å². The molecule has 0 aliphatic rings. The maximum absolute atomic E-state index is 11.1. The Kier molecular flexibility index (Phi) is 3.37. The number of carboxylic acid groups (broad SMARTS) is 1. The van der Waals surface area contributed by atoms with Crippen molar-refractivity contribution in [3.63, 3.8) is 0 Å². The number of rotatable bonds is 4. The van der Waals surface area contributed by atoms with Crippen molar-refractivity contribution in [1.29, 1.82) is 0 Å². The van der Waals surface area contributed by atoms with Gasteiger partial charge in [-0.3, -0.25) is 0 Å². The van der Waals surface area contributed by atoms with Crippen molar-refractivity contribution >= 4 is 17.5 Å². The van der Waals surface area contributed by atoms with E-state index < -0.39 is 5.97 Å². The van der Waals surface area contributed by atoms with Crippen LogP contribution >= 0.6 is 0 Å². The summed E-state index contributed by atoms with van der Waals surface area (Å²) in [7, 11) is 0. The van der Waals surface area contributed by atoms with E-state index in [1.165, 1.54) is 12.3 Å². The van der Waals surface area contributed by atoms with Gasteiger partial charge in [0, 0.05) is 0 Å². The standard InChI is InChI=1S/C12H14N4O3/c1-6-4-15-11(19-6)7(2)16-9-5-14-10(13)3-8(9)12(17)18/h3-5,7,16H,1-2H3,(H2,13,14)(H,17,18). The highest BCUT2D eigenvalue weighted by Crippen LogP contribution is 2.22. The smallest absolute Gasteiger partial charge is 0.337 e. The highest BCUT2D eigenvalue weighted by Gasteiger charge is 2.16. The summed E-state index contributed by atoms with van der Waals surface area (Å²) in [5.74, 6) is 0.248. The Hall–Kier alpha value is -2.57. The first kappa shape index (κ1) is 12.9. The summed E-state index contributed by atoms with van der Waals surface area (Å²) in [4.78, 5) is 19.1. The van der Waals surface area contributed by atoms with Crippen LogP contribution in [0.4, 0.5) is 11.5 Å². The van der Waals surface area contributed by atoms with Crippen LogP contribution in [-0.4, -0.2) is 21.0 Å². The van der Waals surface area contributed by atoms with Crippen LogP contribution in [0.25, 0.3) is 0 Å².